The third kappa shape index (κ3) is 1.40. The summed E-state index contributed by atoms with van der Waals surface area (Å²) in [5, 5.41) is 2.48. The van der Waals surface area contributed by atoms with E-state index in [1.807, 2.05) is 0 Å². The molecule has 0 aliphatic carbocycles. The Kier molecular flexibility index (Phi) is 2.22. The second-order valence-electron chi connectivity index (χ2n) is 2.99. The van der Waals surface area contributed by atoms with Gasteiger partial charge in [-0.15, -0.1) is 0 Å². The minimum absolute atomic E-state index is 0.169. The first-order valence-electron chi connectivity index (χ1n) is 4.25. The van der Waals surface area contributed by atoms with E-state index >= 15 is 0 Å². The number of anilines is 1. The van der Waals surface area contributed by atoms with Crippen LogP contribution in [0.3, 0.4) is 0 Å². The molecule has 15 heavy (non-hydrogen) atoms. The van der Waals surface area contributed by atoms with Crippen molar-refractivity contribution in [1.82, 2.24) is 4.98 Å². The molecule has 1 N–H and O–H groups in total. The van der Waals surface area contributed by atoms with Gasteiger partial charge in [-0.1, -0.05) is 0 Å². The SMILES string of the molecule is CNc1ccnc2c(F)cc(F)c(F)c12. The number of halogens is 3. The highest BCUT2D eigenvalue weighted by molar-refractivity contribution is 5.91. The van der Waals surface area contributed by atoms with Gasteiger partial charge >= 0.3 is 0 Å². The van der Waals surface area contributed by atoms with Crippen LogP contribution in [0, 0.1) is 17.5 Å². The number of rotatable bonds is 1. The summed E-state index contributed by atoms with van der Waals surface area (Å²) in [6, 6.07) is 1.94. The van der Waals surface area contributed by atoms with E-state index in [2.05, 4.69) is 10.3 Å². The first-order chi connectivity index (χ1) is 7.15. The predicted molar refractivity (Wildman–Crippen MR) is 51.2 cm³/mol. The maximum Gasteiger partial charge on any atom is 0.170 e. The Morgan fingerprint density at radius 3 is 2.60 bits per heavy atom. The summed E-state index contributed by atoms with van der Waals surface area (Å²) in [5.41, 5.74) is 0.122. The molecule has 0 saturated heterocycles. The van der Waals surface area contributed by atoms with Gasteiger partial charge in [0.1, 0.15) is 5.52 Å². The van der Waals surface area contributed by atoms with E-state index in [9.17, 15) is 13.2 Å². The molecule has 2 nitrogen and oxygen atoms in total. The minimum Gasteiger partial charge on any atom is -0.387 e. The van der Waals surface area contributed by atoms with Crippen molar-refractivity contribution < 1.29 is 13.2 Å². The number of aromatic nitrogens is 1. The number of benzene rings is 1. The summed E-state index contributed by atoms with van der Waals surface area (Å²) >= 11 is 0. The van der Waals surface area contributed by atoms with Crippen molar-refractivity contribution in [3.8, 4) is 0 Å². The van der Waals surface area contributed by atoms with Crippen LogP contribution in [0.2, 0.25) is 0 Å². The van der Waals surface area contributed by atoms with E-state index in [-0.39, 0.29) is 10.9 Å². The quantitative estimate of drug-likeness (QED) is 0.735. The van der Waals surface area contributed by atoms with Crippen molar-refractivity contribution in [2.75, 3.05) is 12.4 Å². The van der Waals surface area contributed by atoms with Crippen LogP contribution in [0.5, 0.6) is 0 Å². The van der Waals surface area contributed by atoms with Crippen molar-refractivity contribution in [2.45, 2.75) is 0 Å². The fourth-order valence-electron chi connectivity index (χ4n) is 1.44. The summed E-state index contributed by atoms with van der Waals surface area (Å²) in [5.74, 6) is -3.19. The highest BCUT2D eigenvalue weighted by Crippen LogP contribution is 2.27. The van der Waals surface area contributed by atoms with Crippen molar-refractivity contribution in [3.63, 3.8) is 0 Å². The number of hydrogen-bond acceptors (Lipinski definition) is 2. The van der Waals surface area contributed by atoms with E-state index in [0.717, 1.165) is 0 Å². The summed E-state index contributed by atoms with van der Waals surface area (Å²) < 4.78 is 39.6. The van der Waals surface area contributed by atoms with Gasteiger partial charge in [-0.25, -0.2) is 13.2 Å². The number of nitrogens with zero attached hydrogens (tertiary/aromatic N) is 1. The third-order valence-corrected chi connectivity index (χ3v) is 2.13. The van der Waals surface area contributed by atoms with Crippen molar-refractivity contribution in [3.05, 3.63) is 35.8 Å². The highest BCUT2D eigenvalue weighted by atomic mass is 19.2. The zero-order valence-corrected chi connectivity index (χ0v) is 7.81. The first-order valence-corrected chi connectivity index (χ1v) is 4.25. The molecule has 2 rings (SSSR count). The summed E-state index contributed by atoms with van der Waals surface area (Å²) in [6.07, 6.45) is 1.33. The van der Waals surface area contributed by atoms with E-state index in [1.54, 1.807) is 0 Å². The minimum atomic E-state index is -1.22. The molecule has 2 aromatic rings. The van der Waals surface area contributed by atoms with E-state index in [4.69, 9.17) is 0 Å². The summed E-state index contributed by atoms with van der Waals surface area (Å²) in [6.45, 7) is 0. The molecule has 1 aromatic carbocycles. The Balaban J connectivity index is 2.96. The monoisotopic (exact) mass is 212 g/mol. The molecule has 0 saturated carbocycles. The lowest BCUT2D eigenvalue weighted by molar-refractivity contribution is 0.505. The van der Waals surface area contributed by atoms with Crippen LogP contribution in [-0.4, -0.2) is 12.0 Å². The first kappa shape index (κ1) is 9.76. The Labute approximate surface area is 83.7 Å². The molecule has 0 radical (unpaired) electrons. The van der Waals surface area contributed by atoms with E-state index < -0.39 is 17.5 Å². The highest BCUT2D eigenvalue weighted by Gasteiger charge is 2.15. The number of hydrogen-bond donors (Lipinski definition) is 1. The molecular formula is C10H7F3N2. The normalized spacial score (nSPS) is 10.7. The Morgan fingerprint density at radius 1 is 1.20 bits per heavy atom. The van der Waals surface area contributed by atoms with Gasteiger partial charge in [0, 0.05) is 25.0 Å². The Bertz CT molecular complexity index is 526. The maximum absolute atomic E-state index is 13.4. The number of pyridine rings is 1. The van der Waals surface area contributed by atoms with Gasteiger partial charge in [-0.2, -0.15) is 0 Å². The Hall–Kier alpha value is -1.78. The molecule has 0 fully saturated rings. The smallest absolute Gasteiger partial charge is 0.170 e. The fourth-order valence-corrected chi connectivity index (χ4v) is 1.44. The molecule has 78 valence electrons. The van der Waals surface area contributed by atoms with Crippen LogP contribution in [0.4, 0.5) is 18.9 Å². The zero-order valence-electron chi connectivity index (χ0n) is 7.81. The average molecular weight is 212 g/mol. The van der Waals surface area contributed by atoms with Crippen LogP contribution in [0.1, 0.15) is 0 Å². The van der Waals surface area contributed by atoms with Gasteiger partial charge in [-0.3, -0.25) is 4.98 Å². The summed E-state index contributed by atoms with van der Waals surface area (Å²) in [7, 11) is 1.54. The molecule has 1 heterocycles. The maximum atomic E-state index is 13.4. The second-order valence-corrected chi connectivity index (χ2v) is 2.99. The van der Waals surface area contributed by atoms with Gasteiger partial charge in [0.25, 0.3) is 0 Å². The lowest BCUT2D eigenvalue weighted by Crippen LogP contribution is -1.98. The molecule has 0 atom stereocenters. The lowest BCUT2D eigenvalue weighted by atomic mass is 10.1. The topological polar surface area (TPSA) is 24.9 Å². The molecule has 5 heteroatoms. The van der Waals surface area contributed by atoms with Crippen LogP contribution in [0.25, 0.3) is 10.9 Å². The molecular weight excluding hydrogens is 205 g/mol. The number of nitrogens with one attached hydrogen (secondary N) is 1. The van der Waals surface area contributed by atoms with Crippen LogP contribution >= 0.6 is 0 Å². The zero-order chi connectivity index (χ0) is 11.0. The van der Waals surface area contributed by atoms with Crippen molar-refractivity contribution >= 4 is 16.6 Å². The van der Waals surface area contributed by atoms with Gasteiger partial charge in [0.05, 0.1) is 5.39 Å². The van der Waals surface area contributed by atoms with E-state index in [1.165, 1.54) is 19.3 Å². The number of fused-ring (bicyclic) bond motifs is 1. The standard InChI is InChI=1S/C10H7F3N2/c1-14-7-2-3-15-10-6(12)4-5(11)9(13)8(7)10/h2-4H,1H3,(H,14,15). The van der Waals surface area contributed by atoms with Crippen LogP contribution < -0.4 is 5.32 Å². The summed E-state index contributed by atoms with van der Waals surface area (Å²) in [4.78, 5) is 3.67. The van der Waals surface area contributed by atoms with Crippen molar-refractivity contribution in [1.29, 1.82) is 0 Å². The van der Waals surface area contributed by atoms with Gasteiger partial charge in [-0.05, 0) is 6.07 Å². The predicted octanol–water partition coefficient (Wildman–Crippen LogP) is 2.69. The lowest BCUT2D eigenvalue weighted by Gasteiger charge is -2.07. The molecule has 0 bridgehead atoms. The van der Waals surface area contributed by atoms with Crippen LogP contribution in [0.15, 0.2) is 18.3 Å². The second kappa shape index (κ2) is 3.42. The van der Waals surface area contributed by atoms with Crippen LogP contribution in [-0.2, 0) is 0 Å². The molecule has 1 aromatic heterocycles. The molecule has 0 aliphatic heterocycles. The fraction of sp³-hybridized carbons (Fsp3) is 0.100. The largest absolute Gasteiger partial charge is 0.387 e. The average Bonchev–Trinajstić information content (AvgIpc) is 2.25. The third-order valence-electron chi connectivity index (χ3n) is 2.13. The van der Waals surface area contributed by atoms with Crippen molar-refractivity contribution in [2.24, 2.45) is 0 Å². The molecule has 0 unspecified atom stereocenters. The Morgan fingerprint density at radius 2 is 1.93 bits per heavy atom. The van der Waals surface area contributed by atoms with E-state index in [0.29, 0.717) is 11.8 Å². The molecule has 0 amide bonds. The van der Waals surface area contributed by atoms with Gasteiger partial charge < -0.3 is 5.32 Å². The van der Waals surface area contributed by atoms with Gasteiger partial charge in [0.15, 0.2) is 17.5 Å². The molecule has 0 spiro atoms. The molecule has 0 aliphatic rings. The van der Waals surface area contributed by atoms with Gasteiger partial charge in [0.2, 0.25) is 0 Å².